The molecule has 0 aromatic carbocycles. The van der Waals surface area contributed by atoms with Crippen molar-refractivity contribution in [2.45, 2.75) is 127 Å². The molecule has 7 N–H and O–H groups in total. The van der Waals surface area contributed by atoms with Gasteiger partial charge in [0.25, 0.3) is 0 Å². The van der Waals surface area contributed by atoms with Crippen LogP contribution in [0.3, 0.4) is 0 Å². The van der Waals surface area contributed by atoms with E-state index in [1.807, 2.05) is 0 Å². The number of fused-ring (bicyclic) bond motifs is 2. The highest BCUT2D eigenvalue weighted by molar-refractivity contribution is 5.89. The number of furan rings is 1. The molecule has 1 aromatic heterocycles. The minimum Gasteiger partial charge on any atom is -0.481 e. The second-order valence-electron chi connectivity index (χ2n) is 15.0. The topological polar surface area (TPSA) is 246 Å². The van der Waals surface area contributed by atoms with E-state index in [-0.39, 0.29) is 37.9 Å². The van der Waals surface area contributed by atoms with E-state index in [4.69, 9.17) is 23.4 Å². The van der Waals surface area contributed by atoms with Gasteiger partial charge in [0, 0.05) is 22.8 Å². The van der Waals surface area contributed by atoms with Gasteiger partial charge in [-0.05, 0) is 51.0 Å². The maximum Gasteiger partial charge on any atom is 0.308 e. The largest absolute Gasteiger partial charge is 0.481 e. The average molecular weight is 699 g/mol. The second kappa shape index (κ2) is 13.6. The summed E-state index contributed by atoms with van der Waals surface area (Å²) in [5.74, 6) is -3.31. The first kappa shape index (κ1) is 37.8. The normalized spacial score (nSPS) is 43.8. The number of carboxylic acid groups (broad SMARTS) is 1. The summed E-state index contributed by atoms with van der Waals surface area (Å²) in [4.78, 5) is 39.4. The third-order valence-electron chi connectivity index (χ3n) is 12.5. The summed E-state index contributed by atoms with van der Waals surface area (Å²) in [5, 5.41) is 74.0. The van der Waals surface area contributed by atoms with E-state index in [9.17, 15) is 50.1 Å². The van der Waals surface area contributed by atoms with E-state index in [0.29, 0.717) is 5.56 Å². The zero-order valence-corrected chi connectivity index (χ0v) is 28.4. The van der Waals surface area contributed by atoms with Crippen LogP contribution in [0.2, 0.25) is 0 Å². The number of Topliss-reactive ketones (excluding diaryl/α,β-unsaturated/α-hetero) is 1. The van der Waals surface area contributed by atoms with Crippen molar-refractivity contribution >= 4 is 17.7 Å². The van der Waals surface area contributed by atoms with Gasteiger partial charge in [-0.1, -0.05) is 13.8 Å². The quantitative estimate of drug-likeness (QED) is 0.116. The number of ketones is 1. The van der Waals surface area contributed by atoms with Crippen molar-refractivity contribution in [3.05, 3.63) is 24.2 Å². The molecule has 4 fully saturated rings. The highest BCUT2D eigenvalue weighted by Gasteiger charge is 2.84. The molecule has 5 rings (SSSR count). The standard InChI is InChI=1S/C34H50O15/c1-16(36)10-18-11-22(38)33(4)20(32(18,3)21(37)12-25(41)45-5)6-8-31(2,34(33)23(49-34)13-24(39)40)29(17-7-9-46-15-17)48-30-28(44)27(43)26(42)19(14-35)47-30/h7,9,15-16,18-21,23,26-30,35-37,42-44H,6,8,10-14H2,1-5H3,(H,39,40)/t16?,18?,19-,20?,21?,23?,26-,27+,28-,29?,30+,31?,32?,33?,34?/m1/s1. The van der Waals surface area contributed by atoms with Crippen molar-refractivity contribution in [1.82, 2.24) is 0 Å². The van der Waals surface area contributed by atoms with Crippen LogP contribution >= 0.6 is 0 Å². The average Bonchev–Trinajstić information content (AvgIpc) is 3.50. The van der Waals surface area contributed by atoms with Crippen LogP contribution in [0.25, 0.3) is 0 Å². The number of epoxide rings is 1. The van der Waals surface area contributed by atoms with Gasteiger partial charge < -0.3 is 59.1 Å². The molecule has 1 spiro atoms. The molecule has 1 aromatic rings. The molecule has 3 heterocycles. The van der Waals surface area contributed by atoms with Gasteiger partial charge >= 0.3 is 11.9 Å². The molecule has 15 heteroatoms. The molecule has 2 saturated heterocycles. The number of hydrogen-bond acceptors (Lipinski definition) is 14. The Hall–Kier alpha value is -2.47. The molecular formula is C34H50O15. The second-order valence-corrected chi connectivity index (χ2v) is 15.0. The zero-order valence-electron chi connectivity index (χ0n) is 28.4. The summed E-state index contributed by atoms with van der Waals surface area (Å²) in [5.41, 5.74) is -5.00. The molecule has 2 aliphatic heterocycles. The molecule has 0 radical (unpaired) electrons. The van der Waals surface area contributed by atoms with Gasteiger partial charge in [0.1, 0.15) is 35.8 Å². The first-order valence-electron chi connectivity index (χ1n) is 16.8. The number of methoxy groups -OCH3 is 1. The van der Waals surface area contributed by atoms with Crippen molar-refractivity contribution in [1.29, 1.82) is 0 Å². The predicted octanol–water partition coefficient (Wildman–Crippen LogP) is 0.462. The Morgan fingerprint density at radius 1 is 1.10 bits per heavy atom. The Morgan fingerprint density at radius 2 is 1.80 bits per heavy atom. The van der Waals surface area contributed by atoms with E-state index in [2.05, 4.69) is 0 Å². The zero-order chi connectivity index (χ0) is 36.3. The fourth-order valence-corrected chi connectivity index (χ4v) is 9.91. The summed E-state index contributed by atoms with van der Waals surface area (Å²) in [6.45, 7) is 6.19. The number of rotatable bonds is 12. The van der Waals surface area contributed by atoms with Gasteiger partial charge in [-0.15, -0.1) is 0 Å². The van der Waals surface area contributed by atoms with Crippen LogP contribution in [0.1, 0.15) is 77.9 Å². The molecule has 0 bridgehead atoms. The van der Waals surface area contributed by atoms with Gasteiger partial charge in [-0.2, -0.15) is 0 Å². The summed E-state index contributed by atoms with van der Waals surface area (Å²) < 4.78 is 29.0. The van der Waals surface area contributed by atoms with Crippen LogP contribution in [-0.4, -0.2) is 122 Å². The molecule has 2 aliphatic carbocycles. The highest BCUT2D eigenvalue weighted by atomic mass is 16.7. The highest BCUT2D eigenvalue weighted by Crippen LogP contribution is 2.77. The van der Waals surface area contributed by atoms with Crippen LogP contribution in [0.15, 0.2) is 23.0 Å². The molecule has 10 unspecified atom stereocenters. The van der Waals surface area contributed by atoms with E-state index >= 15 is 0 Å². The van der Waals surface area contributed by atoms with Crippen molar-refractivity contribution in [2.24, 2.45) is 28.1 Å². The Labute approximate surface area is 284 Å². The summed E-state index contributed by atoms with van der Waals surface area (Å²) >= 11 is 0. The van der Waals surface area contributed by atoms with Crippen molar-refractivity contribution < 1.29 is 73.5 Å². The number of carbonyl (C=O) groups excluding carboxylic acids is 2. The maximum atomic E-state index is 14.7. The smallest absolute Gasteiger partial charge is 0.308 e. The van der Waals surface area contributed by atoms with E-state index in [0.717, 1.165) is 0 Å². The van der Waals surface area contributed by atoms with Gasteiger partial charge in [0.05, 0.1) is 68.9 Å². The Kier molecular flexibility index (Phi) is 10.5. The molecule has 15 nitrogen and oxygen atoms in total. The van der Waals surface area contributed by atoms with Crippen molar-refractivity contribution in [3.8, 4) is 0 Å². The third-order valence-corrected chi connectivity index (χ3v) is 12.5. The van der Waals surface area contributed by atoms with E-state index in [1.165, 1.54) is 19.6 Å². The number of aliphatic hydroxyl groups is 6. The van der Waals surface area contributed by atoms with Crippen LogP contribution in [0.5, 0.6) is 0 Å². The lowest BCUT2D eigenvalue weighted by Crippen LogP contribution is -2.70. The number of hydrogen-bond donors (Lipinski definition) is 7. The Bertz CT molecular complexity index is 1360. The molecular weight excluding hydrogens is 648 g/mol. The first-order chi connectivity index (χ1) is 22.9. The lowest BCUT2D eigenvalue weighted by atomic mass is 9.37. The lowest BCUT2D eigenvalue weighted by Gasteiger charge is -2.65. The van der Waals surface area contributed by atoms with Gasteiger partial charge in [-0.25, -0.2) is 0 Å². The Morgan fingerprint density at radius 3 is 2.37 bits per heavy atom. The van der Waals surface area contributed by atoms with Gasteiger partial charge in [0.15, 0.2) is 6.29 Å². The van der Waals surface area contributed by atoms with Gasteiger partial charge in [0.2, 0.25) is 0 Å². The summed E-state index contributed by atoms with van der Waals surface area (Å²) in [6.07, 6.45) is -9.78. The number of carboxylic acids is 1. The number of ether oxygens (including phenoxy) is 4. The van der Waals surface area contributed by atoms with E-state index in [1.54, 1.807) is 33.8 Å². The molecule has 49 heavy (non-hydrogen) atoms. The monoisotopic (exact) mass is 698 g/mol. The van der Waals surface area contributed by atoms with Crippen LogP contribution in [0, 0.1) is 28.1 Å². The molecule has 0 amide bonds. The third kappa shape index (κ3) is 5.84. The Balaban J connectivity index is 1.65. The number of aliphatic hydroxyl groups excluding tert-OH is 6. The van der Waals surface area contributed by atoms with Crippen LogP contribution < -0.4 is 0 Å². The van der Waals surface area contributed by atoms with E-state index < -0.39 is 114 Å². The van der Waals surface area contributed by atoms with Crippen molar-refractivity contribution in [3.63, 3.8) is 0 Å². The maximum absolute atomic E-state index is 14.7. The minimum absolute atomic E-state index is 0.0996. The number of esters is 1. The molecule has 276 valence electrons. The summed E-state index contributed by atoms with van der Waals surface area (Å²) in [6, 6.07) is 1.60. The number of carbonyl (C=O) groups is 3. The van der Waals surface area contributed by atoms with Crippen molar-refractivity contribution in [2.75, 3.05) is 13.7 Å². The van der Waals surface area contributed by atoms with Crippen LogP contribution in [0.4, 0.5) is 0 Å². The van der Waals surface area contributed by atoms with Crippen LogP contribution in [-0.2, 0) is 33.3 Å². The fourth-order valence-electron chi connectivity index (χ4n) is 9.91. The van der Waals surface area contributed by atoms with Gasteiger partial charge in [-0.3, -0.25) is 14.4 Å². The number of aliphatic carboxylic acids is 1. The lowest BCUT2D eigenvalue weighted by molar-refractivity contribution is -0.328. The predicted molar refractivity (Wildman–Crippen MR) is 165 cm³/mol. The fraction of sp³-hybridized carbons (Fsp3) is 0.794. The summed E-state index contributed by atoms with van der Waals surface area (Å²) in [7, 11) is 1.21. The molecule has 4 aliphatic rings. The minimum atomic E-state index is -1.76. The molecule has 15 atom stereocenters. The first-order valence-corrected chi connectivity index (χ1v) is 16.8. The molecule has 2 saturated carbocycles. The SMILES string of the molecule is COC(=O)CC(O)C1(C)C(CC(C)O)CC(=O)C2(C)C1CCC(C)(C(O[C@@H]1O[C@H](CO)[C@@H](O)[C@H](O)[C@H]1O)c1ccoc1)C21OC1CC(=O)O.